The van der Waals surface area contributed by atoms with Crippen LogP contribution in [0.4, 0.5) is 0 Å². The summed E-state index contributed by atoms with van der Waals surface area (Å²) in [6, 6.07) is 7.45. The lowest BCUT2D eigenvalue weighted by molar-refractivity contribution is 0.513. The lowest BCUT2D eigenvalue weighted by Crippen LogP contribution is -2.21. The second-order valence-corrected chi connectivity index (χ2v) is 3.75. The van der Waals surface area contributed by atoms with Crippen LogP contribution in [0.15, 0.2) is 38.9 Å². The summed E-state index contributed by atoms with van der Waals surface area (Å²) in [5, 5.41) is 15.1. The molecule has 2 rings (SSSR count). The number of nitrogens with two attached hydrogens (primary N) is 2. The van der Waals surface area contributed by atoms with Crippen molar-refractivity contribution in [3.8, 4) is 11.5 Å². The molecule has 2 aromatic rings. The fourth-order valence-electron chi connectivity index (χ4n) is 1.39. The molecule has 98 valence electrons. The van der Waals surface area contributed by atoms with E-state index in [1.165, 1.54) is 0 Å². The first-order valence-corrected chi connectivity index (χ1v) is 5.74. The molecule has 7 heteroatoms. The van der Waals surface area contributed by atoms with E-state index in [-0.39, 0.29) is 5.96 Å². The number of aromatic nitrogens is 2. The SMILES string of the molecule is CCc1nnc(-c2ccc(C=NN=C(N)N)cc2)o1. The molecule has 1 aromatic heterocycles. The summed E-state index contributed by atoms with van der Waals surface area (Å²) < 4.78 is 5.46. The number of hydrogen-bond acceptors (Lipinski definition) is 5. The Morgan fingerprint density at radius 3 is 2.58 bits per heavy atom. The third kappa shape index (κ3) is 3.38. The monoisotopic (exact) mass is 258 g/mol. The lowest BCUT2D eigenvalue weighted by atomic mass is 10.1. The van der Waals surface area contributed by atoms with E-state index in [9.17, 15) is 0 Å². The van der Waals surface area contributed by atoms with Crippen LogP contribution in [-0.2, 0) is 6.42 Å². The van der Waals surface area contributed by atoms with Crippen molar-refractivity contribution in [2.75, 3.05) is 0 Å². The Hall–Kier alpha value is -2.70. The van der Waals surface area contributed by atoms with Crippen LogP contribution >= 0.6 is 0 Å². The number of benzene rings is 1. The number of nitrogens with zero attached hydrogens (tertiary/aromatic N) is 4. The maximum Gasteiger partial charge on any atom is 0.247 e. The summed E-state index contributed by atoms with van der Waals surface area (Å²) in [5.74, 6) is 1.05. The van der Waals surface area contributed by atoms with Gasteiger partial charge in [-0.2, -0.15) is 5.10 Å². The van der Waals surface area contributed by atoms with E-state index in [1.807, 2.05) is 31.2 Å². The molecule has 0 aliphatic rings. The Balaban J connectivity index is 2.14. The number of hydrogen-bond donors (Lipinski definition) is 2. The first kappa shape index (κ1) is 12.7. The Morgan fingerprint density at radius 2 is 2.00 bits per heavy atom. The first-order chi connectivity index (χ1) is 9.19. The van der Waals surface area contributed by atoms with E-state index >= 15 is 0 Å². The fourth-order valence-corrected chi connectivity index (χ4v) is 1.39. The van der Waals surface area contributed by atoms with Crippen molar-refractivity contribution in [3.63, 3.8) is 0 Å². The van der Waals surface area contributed by atoms with Gasteiger partial charge in [0, 0.05) is 12.0 Å². The molecule has 0 amide bonds. The normalized spacial score (nSPS) is 10.8. The van der Waals surface area contributed by atoms with Crippen LogP contribution in [0.1, 0.15) is 18.4 Å². The highest BCUT2D eigenvalue weighted by molar-refractivity contribution is 5.82. The van der Waals surface area contributed by atoms with Gasteiger partial charge in [0.25, 0.3) is 0 Å². The number of guanidine groups is 1. The number of aryl methyl sites for hydroxylation is 1. The van der Waals surface area contributed by atoms with Gasteiger partial charge in [-0.25, -0.2) is 0 Å². The predicted molar refractivity (Wildman–Crippen MR) is 72.5 cm³/mol. The second-order valence-electron chi connectivity index (χ2n) is 3.75. The highest BCUT2D eigenvalue weighted by atomic mass is 16.4. The van der Waals surface area contributed by atoms with Gasteiger partial charge in [0.05, 0.1) is 6.21 Å². The smallest absolute Gasteiger partial charge is 0.247 e. The lowest BCUT2D eigenvalue weighted by Gasteiger charge is -1.95. The minimum absolute atomic E-state index is 0.0779. The highest BCUT2D eigenvalue weighted by Crippen LogP contribution is 2.18. The van der Waals surface area contributed by atoms with Gasteiger partial charge in [0.15, 0.2) is 0 Å². The molecule has 0 bridgehead atoms. The summed E-state index contributed by atoms with van der Waals surface area (Å²) in [4.78, 5) is 0. The molecule has 4 N–H and O–H groups in total. The molecular weight excluding hydrogens is 244 g/mol. The van der Waals surface area contributed by atoms with E-state index in [0.29, 0.717) is 11.8 Å². The van der Waals surface area contributed by atoms with Gasteiger partial charge in [0.1, 0.15) is 0 Å². The zero-order chi connectivity index (χ0) is 13.7. The Labute approximate surface area is 110 Å². The van der Waals surface area contributed by atoms with Crippen molar-refractivity contribution in [3.05, 3.63) is 35.7 Å². The molecule has 1 heterocycles. The molecule has 19 heavy (non-hydrogen) atoms. The van der Waals surface area contributed by atoms with Crippen molar-refractivity contribution in [1.82, 2.24) is 10.2 Å². The summed E-state index contributed by atoms with van der Waals surface area (Å²) in [7, 11) is 0. The molecule has 0 saturated heterocycles. The highest BCUT2D eigenvalue weighted by Gasteiger charge is 2.06. The summed E-state index contributed by atoms with van der Waals surface area (Å²) in [6.07, 6.45) is 2.27. The van der Waals surface area contributed by atoms with E-state index in [1.54, 1.807) is 6.21 Å². The molecule has 0 unspecified atom stereocenters. The summed E-state index contributed by atoms with van der Waals surface area (Å²) >= 11 is 0. The van der Waals surface area contributed by atoms with E-state index in [4.69, 9.17) is 15.9 Å². The maximum atomic E-state index is 5.46. The van der Waals surface area contributed by atoms with Crippen LogP contribution < -0.4 is 11.5 Å². The van der Waals surface area contributed by atoms with Crippen molar-refractivity contribution in [1.29, 1.82) is 0 Å². The van der Waals surface area contributed by atoms with Gasteiger partial charge < -0.3 is 15.9 Å². The van der Waals surface area contributed by atoms with Crippen LogP contribution in [0.5, 0.6) is 0 Å². The minimum Gasteiger partial charge on any atom is -0.421 e. The standard InChI is InChI=1S/C12H14N6O/c1-2-10-16-17-11(19-10)9-5-3-8(4-6-9)7-15-18-12(13)14/h3-7H,2H2,1H3,(H4,13,14,18). The molecule has 0 atom stereocenters. The van der Waals surface area contributed by atoms with Crippen LogP contribution in [0, 0.1) is 0 Å². The molecule has 0 spiro atoms. The van der Waals surface area contributed by atoms with Crippen molar-refractivity contribution in [2.45, 2.75) is 13.3 Å². The molecule has 1 aromatic carbocycles. The molecule has 0 aliphatic carbocycles. The maximum absolute atomic E-state index is 5.46. The van der Waals surface area contributed by atoms with Crippen LogP contribution in [0.2, 0.25) is 0 Å². The van der Waals surface area contributed by atoms with Gasteiger partial charge in [0.2, 0.25) is 17.7 Å². The Morgan fingerprint density at radius 1 is 1.26 bits per heavy atom. The third-order valence-electron chi connectivity index (χ3n) is 2.31. The summed E-state index contributed by atoms with van der Waals surface area (Å²) in [5.41, 5.74) is 12.0. The van der Waals surface area contributed by atoms with Gasteiger partial charge in [-0.1, -0.05) is 19.1 Å². The van der Waals surface area contributed by atoms with Gasteiger partial charge in [-0.05, 0) is 17.7 Å². The third-order valence-corrected chi connectivity index (χ3v) is 2.31. The Bertz CT molecular complexity index is 595. The van der Waals surface area contributed by atoms with E-state index < -0.39 is 0 Å². The quantitative estimate of drug-likeness (QED) is 0.480. The zero-order valence-electron chi connectivity index (χ0n) is 10.4. The number of rotatable bonds is 4. The average molecular weight is 258 g/mol. The van der Waals surface area contributed by atoms with Gasteiger partial charge in [-0.3, -0.25) is 0 Å². The van der Waals surface area contributed by atoms with Crippen molar-refractivity contribution < 1.29 is 4.42 Å². The minimum atomic E-state index is -0.0779. The Kier molecular flexibility index (Phi) is 3.87. The van der Waals surface area contributed by atoms with E-state index in [2.05, 4.69) is 20.4 Å². The molecule has 7 nitrogen and oxygen atoms in total. The predicted octanol–water partition coefficient (Wildman–Crippen LogP) is 0.906. The van der Waals surface area contributed by atoms with Crippen molar-refractivity contribution in [2.24, 2.45) is 21.7 Å². The van der Waals surface area contributed by atoms with Gasteiger partial charge in [-0.15, -0.1) is 15.3 Å². The van der Waals surface area contributed by atoms with Crippen LogP contribution in [0.25, 0.3) is 11.5 Å². The molecule has 0 aliphatic heterocycles. The molecule has 0 saturated carbocycles. The van der Waals surface area contributed by atoms with Gasteiger partial charge >= 0.3 is 0 Å². The van der Waals surface area contributed by atoms with Crippen LogP contribution in [0.3, 0.4) is 0 Å². The topological polar surface area (TPSA) is 116 Å². The summed E-state index contributed by atoms with van der Waals surface area (Å²) in [6.45, 7) is 1.96. The van der Waals surface area contributed by atoms with Crippen LogP contribution in [-0.4, -0.2) is 22.4 Å². The fraction of sp³-hybridized carbons (Fsp3) is 0.167. The molecular formula is C12H14N6O. The van der Waals surface area contributed by atoms with Crippen molar-refractivity contribution >= 4 is 12.2 Å². The molecule has 0 radical (unpaired) electrons. The zero-order valence-corrected chi connectivity index (χ0v) is 10.4. The average Bonchev–Trinajstić information content (AvgIpc) is 2.88. The second kappa shape index (κ2) is 5.76. The largest absolute Gasteiger partial charge is 0.421 e. The molecule has 0 fully saturated rings. The van der Waals surface area contributed by atoms with E-state index in [0.717, 1.165) is 17.5 Å². The first-order valence-electron chi connectivity index (χ1n) is 5.74.